The van der Waals surface area contributed by atoms with Crippen LogP contribution in [-0.4, -0.2) is 56.0 Å². The first kappa shape index (κ1) is 28.7. The molecule has 0 unspecified atom stereocenters. The number of unbranched alkanes of at least 4 members (excludes halogenated alkanes) is 1. The van der Waals surface area contributed by atoms with Gasteiger partial charge in [-0.05, 0) is 69.8 Å². The minimum atomic E-state index is -0.139. The summed E-state index contributed by atoms with van der Waals surface area (Å²) in [6, 6.07) is 8.92. The fourth-order valence-corrected chi connectivity index (χ4v) is 4.01. The number of hydrogen-bond acceptors (Lipinski definition) is 3. The summed E-state index contributed by atoms with van der Waals surface area (Å²) in [5, 5.41) is 6.85. The average Bonchev–Trinajstić information content (AvgIpc) is 2.77. The van der Waals surface area contributed by atoms with E-state index in [1.165, 1.54) is 11.1 Å². The van der Waals surface area contributed by atoms with Crippen LogP contribution in [0, 0.1) is 5.92 Å². The molecule has 7 heteroatoms. The summed E-state index contributed by atoms with van der Waals surface area (Å²) in [5.74, 6) is 0.828. The van der Waals surface area contributed by atoms with Gasteiger partial charge in [0, 0.05) is 24.4 Å². The summed E-state index contributed by atoms with van der Waals surface area (Å²) in [4.78, 5) is 18.6. The van der Waals surface area contributed by atoms with Crippen molar-refractivity contribution >= 4 is 35.8 Å². The Balaban J connectivity index is 0.00000512. The van der Waals surface area contributed by atoms with Crippen molar-refractivity contribution in [2.24, 2.45) is 16.6 Å². The smallest absolute Gasteiger partial charge is 0.220 e. The van der Waals surface area contributed by atoms with E-state index in [4.69, 9.17) is 10.7 Å². The molecule has 0 saturated carbocycles. The summed E-state index contributed by atoms with van der Waals surface area (Å²) in [5.41, 5.74) is 8.10. The van der Waals surface area contributed by atoms with Crippen LogP contribution in [0.15, 0.2) is 29.3 Å². The van der Waals surface area contributed by atoms with Gasteiger partial charge >= 0.3 is 0 Å². The van der Waals surface area contributed by atoms with Crippen molar-refractivity contribution in [1.82, 2.24) is 15.5 Å². The van der Waals surface area contributed by atoms with Gasteiger partial charge in [0.15, 0.2) is 5.96 Å². The van der Waals surface area contributed by atoms with E-state index in [9.17, 15) is 4.79 Å². The van der Waals surface area contributed by atoms with Crippen LogP contribution < -0.4 is 16.4 Å². The Morgan fingerprint density at radius 1 is 1.12 bits per heavy atom. The molecule has 0 atom stereocenters. The number of halogens is 1. The lowest BCUT2D eigenvalue weighted by Gasteiger charge is -2.30. The number of amides is 1. The van der Waals surface area contributed by atoms with E-state index >= 15 is 0 Å². The molecule has 1 amide bonds. The molecule has 182 valence electrons. The number of aliphatic imine (C=N–C) groups is 1. The number of nitrogens with zero attached hydrogens (tertiary/aromatic N) is 2. The van der Waals surface area contributed by atoms with Gasteiger partial charge in [-0.2, -0.15) is 0 Å². The van der Waals surface area contributed by atoms with E-state index in [2.05, 4.69) is 67.5 Å². The van der Waals surface area contributed by atoms with E-state index in [-0.39, 0.29) is 41.2 Å². The van der Waals surface area contributed by atoms with Crippen molar-refractivity contribution in [2.75, 3.05) is 39.3 Å². The second-order valence-electron chi connectivity index (χ2n) is 9.28. The van der Waals surface area contributed by atoms with Gasteiger partial charge in [-0.3, -0.25) is 9.79 Å². The highest BCUT2D eigenvalue weighted by molar-refractivity contribution is 14.0. The third-order valence-corrected chi connectivity index (χ3v) is 6.30. The second kappa shape index (κ2) is 14.7. The van der Waals surface area contributed by atoms with Gasteiger partial charge in [0.05, 0.1) is 6.54 Å². The normalized spacial score (nSPS) is 15.8. The van der Waals surface area contributed by atoms with Crippen molar-refractivity contribution in [2.45, 2.75) is 65.2 Å². The van der Waals surface area contributed by atoms with E-state index in [0.717, 1.165) is 77.3 Å². The Labute approximate surface area is 212 Å². The zero-order valence-corrected chi connectivity index (χ0v) is 22.8. The van der Waals surface area contributed by atoms with Gasteiger partial charge in [-0.1, -0.05) is 45.0 Å². The largest absolute Gasteiger partial charge is 0.369 e. The molecule has 1 saturated heterocycles. The number of carbonyl (C=O) groups is 1. The summed E-state index contributed by atoms with van der Waals surface area (Å²) in [6.45, 7) is 14.3. The average molecular weight is 558 g/mol. The number of guanidine groups is 1. The minimum Gasteiger partial charge on any atom is -0.369 e. The Bertz CT molecular complexity index is 697. The molecule has 0 aromatic heterocycles. The van der Waals surface area contributed by atoms with Gasteiger partial charge in [-0.15, -0.1) is 24.0 Å². The topological polar surface area (TPSA) is 82.8 Å². The van der Waals surface area contributed by atoms with Crippen LogP contribution in [0.3, 0.4) is 0 Å². The Hall–Kier alpha value is -1.35. The number of hydrogen-bond donors (Lipinski definition) is 3. The lowest BCUT2D eigenvalue weighted by molar-refractivity contribution is -0.123. The van der Waals surface area contributed by atoms with Gasteiger partial charge in [0.1, 0.15) is 0 Å². The Morgan fingerprint density at radius 2 is 1.78 bits per heavy atom. The van der Waals surface area contributed by atoms with E-state index in [1.54, 1.807) is 0 Å². The van der Waals surface area contributed by atoms with Crippen molar-refractivity contribution in [1.29, 1.82) is 0 Å². The third-order valence-electron chi connectivity index (χ3n) is 6.30. The molecule has 0 aliphatic carbocycles. The minimum absolute atomic E-state index is 0. The summed E-state index contributed by atoms with van der Waals surface area (Å²) in [6.07, 6.45) is 5.12. The molecule has 0 radical (unpaired) electrons. The lowest BCUT2D eigenvalue weighted by atomic mass is 9.84. The highest BCUT2D eigenvalue weighted by atomic mass is 127. The molecule has 1 aromatic carbocycles. The van der Waals surface area contributed by atoms with E-state index < -0.39 is 0 Å². The maximum Gasteiger partial charge on any atom is 0.220 e. The van der Waals surface area contributed by atoms with Gasteiger partial charge in [0.2, 0.25) is 5.91 Å². The SMILES string of the molecule is CCNC(=NCC(C)(C)c1ccc(CC)cc1)NCCCCN1CCC(C(N)=O)CC1.I. The molecule has 1 fully saturated rings. The molecule has 1 aliphatic rings. The third kappa shape index (κ3) is 9.65. The first-order chi connectivity index (χ1) is 14.9. The standard InChI is InChI=1S/C25H43N5O.HI/c1-5-20-9-11-22(12-10-20)25(3,4)19-29-24(27-6-2)28-15-7-8-16-30-17-13-21(14-18-30)23(26)31;/h9-12,21H,5-8,13-19H2,1-4H3,(H2,26,31)(H2,27,28,29);1H. The molecular weight excluding hydrogens is 513 g/mol. The van der Waals surface area contributed by atoms with E-state index in [1.807, 2.05) is 0 Å². The van der Waals surface area contributed by atoms with E-state index in [0.29, 0.717) is 0 Å². The van der Waals surface area contributed by atoms with Crippen molar-refractivity contribution in [3.05, 3.63) is 35.4 Å². The number of rotatable bonds is 11. The van der Waals surface area contributed by atoms with Crippen molar-refractivity contribution in [3.63, 3.8) is 0 Å². The van der Waals surface area contributed by atoms with Crippen LogP contribution in [-0.2, 0) is 16.6 Å². The maximum atomic E-state index is 11.3. The zero-order valence-electron chi connectivity index (χ0n) is 20.5. The molecular formula is C25H44IN5O. The van der Waals surface area contributed by atoms with Crippen LogP contribution in [0.4, 0.5) is 0 Å². The van der Waals surface area contributed by atoms with Crippen molar-refractivity contribution < 1.29 is 4.79 Å². The molecule has 1 aromatic rings. The number of carbonyl (C=O) groups excluding carboxylic acids is 1. The number of primary amides is 1. The number of piperidine rings is 1. The summed E-state index contributed by atoms with van der Waals surface area (Å²) >= 11 is 0. The number of aryl methyl sites for hydroxylation is 1. The number of likely N-dealkylation sites (tertiary alicyclic amines) is 1. The molecule has 32 heavy (non-hydrogen) atoms. The fraction of sp³-hybridized carbons (Fsp3) is 0.680. The molecule has 1 aliphatic heterocycles. The molecule has 4 N–H and O–H groups in total. The fourth-order valence-electron chi connectivity index (χ4n) is 4.01. The Kier molecular flexibility index (Phi) is 13.2. The lowest BCUT2D eigenvalue weighted by Crippen LogP contribution is -2.40. The van der Waals surface area contributed by atoms with Crippen LogP contribution >= 0.6 is 24.0 Å². The quantitative estimate of drug-likeness (QED) is 0.168. The number of benzene rings is 1. The van der Waals surface area contributed by atoms with Crippen molar-refractivity contribution in [3.8, 4) is 0 Å². The maximum absolute atomic E-state index is 11.3. The zero-order chi connectivity index (χ0) is 22.7. The molecule has 6 nitrogen and oxygen atoms in total. The highest BCUT2D eigenvalue weighted by Crippen LogP contribution is 2.24. The van der Waals surface area contributed by atoms with Gasteiger partial charge < -0.3 is 21.3 Å². The number of nitrogens with two attached hydrogens (primary N) is 1. The molecule has 1 heterocycles. The molecule has 2 rings (SSSR count). The van der Waals surface area contributed by atoms with Crippen LogP contribution in [0.1, 0.15) is 64.5 Å². The predicted octanol–water partition coefficient (Wildman–Crippen LogP) is 3.68. The first-order valence-corrected chi connectivity index (χ1v) is 12.0. The first-order valence-electron chi connectivity index (χ1n) is 12.0. The summed E-state index contributed by atoms with van der Waals surface area (Å²) < 4.78 is 0. The van der Waals surface area contributed by atoms with Crippen LogP contribution in [0.5, 0.6) is 0 Å². The predicted molar refractivity (Wildman–Crippen MR) is 146 cm³/mol. The monoisotopic (exact) mass is 557 g/mol. The summed E-state index contributed by atoms with van der Waals surface area (Å²) in [7, 11) is 0. The Morgan fingerprint density at radius 3 is 2.34 bits per heavy atom. The molecule has 0 bridgehead atoms. The van der Waals surface area contributed by atoms with Gasteiger partial charge in [-0.25, -0.2) is 0 Å². The number of nitrogens with one attached hydrogen (secondary N) is 2. The highest BCUT2D eigenvalue weighted by Gasteiger charge is 2.22. The van der Waals surface area contributed by atoms with Gasteiger partial charge in [0.25, 0.3) is 0 Å². The second-order valence-corrected chi connectivity index (χ2v) is 9.28. The van der Waals surface area contributed by atoms with Crippen LogP contribution in [0.25, 0.3) is 0 Å². The van der Waals surface area contributed by atoms with Crippen LogP contribution in [0.2, 0.25) is 0 Å². The molecule has 0 spiro atoms.